The number of rotatable bonds is 7. The Bertz CT molecular complexity index is 1210. The fraction of sp³-hybridized carbons (Fsp3) is 0.429. The average Bonchev–Trinajstić information content (AvgIpc) is 3.48. The molecule has 0 radical (unpaired) electrons. The number of alkyl carbamates (subject to hydrolysis) is 1. The third-order valence-electron chi connectivity index (χ3n) is 5.39. The zero-order valence-electron chi connectivity index (χ0n) is 19.3. The van der Waals surface area contributed by atoms with Crippen molar-refractivity contribution in [1.82, 2.24) is 9.62 Å². The van der Waals surface area contributed by atoms with Crippen LogP contribution in [0.3, 0.4) is 0 Å². The molecule has 3 amide bonds. The van der Waals surface area contributed by atoms with E-state index in [1.165, 1.54) is 11.2 Å². The summed E-state index contributed by atoms with van der Waals surface area (Å²) in [4.78, 5) is 49.7. The maximum Gasteiger partial charge on any atom is 0.413 e. The predicted molar refractivity (Wildman–Crippen MR) is 129 cm³/mol. The molecule has 1 saturated heterocycles. The van der Waals surface area contributed by atoms with Crippen LogP contribution in [0.25, 0.3) is 0 Å². The molecular formula is C21H25N3O8S3. The van der Waals surface area contributed by atoms with Crippen LogP contribution in [-0.4, -0.2) is 63.4 Å². The number of carbonyl (C=O) groups is 4. The molecule has 11 nitrogen and oxygen atoms in total. The molecule has 0 aromatic carbocycles. The fourth-order valence-electron chi connectivity index (χ4n) is 3.58. The number of nitrogens with zero attached hydrogens (tertiary/aromatic N) is 1. The van der Waals surface area contributed by atoms with Gasteiger partial charge in [-0.1, -0.05) is 6.07 Å². The van der Waals surface area contributed by atoms with Crippen LogP contribution in [0.4, 0.5) is 9.80 Å². The first-order valence-electron chi connectivity index (χ1n) is 10.6. The van der Waals surface area contributed by atoms with Crippen LogP contribution in [0.2, 0.25) is 0 Å². The molecule has 35 heavy (non-hydrogen) atoms. The van der Waals surface area contributed by atoms with E-state index in [0.717, 1.165) is 29.8 Å². The van der Waals surface area contributed by atoms with E-state index < -0.39 is 39.8 Å². The summed E-state index contributed by atoms with van der Waals surface area (Å²) < 4.78 is 36.5. The van der Waals surface area contributed by atoms with E-state index in [4.69, 9.17) is 4.74 Å². The Balaban J connectivity index is 1.77. The van der Waals surface area contributed by atoms with Crippen LogP contribution in [0.1, 0.15) is 45.4 Å². The lowest BCUT2D eigenvalue weighted by molar-refractivity contribution is -0.120. The Hall–Kier alpha value is -2.81. The van der Waals surface area contributed by atoms with Crippen molar-refractivity contribution in [2.45, 2.75) is 30.9 Å². The van der Waals surface area contributed by atoms with Crippen molar-refractivity contribution < 1.29 is 37.1 Å². The maximum atomic E-state index is 13.0. The van der Waals surface area contributed by atoms with Crippen molar-refractivity contribution >= 4 is 61.6 Å². The molecule has 1 aliphatic rings. The van der Waals surface area contributed by atoms with Gasteiger partial charge in [0.15, 0.2) is 0 Å². The summed E-state index contributed by atoms with van der Waals surface area (Å²) in [6.45, 7) is 3.61. The van der Waals surface area contributed by atoms with E-state index in [-0.39, 0.29) is 57.8 Å². The molecule has 14 heteroatoms. The Morgan fingerprint density at radius 1 is 1.20 bits per heavy atom. The zero-order valence-corrected chi connectivity index (χ0v) is 21.7. The van der Waals surface area contributed by atoms with Gasteiger partial charge < -0.3 is 14.8 Å². The normalized spacial score (nSPS) is 14.8. The quantitative estimate of drug-likeness (QED) is 0.507. The van der Waals surface area contributed by atoms with E-state index in [1.807, 2.05) is 5.32 Å². The number of amides is 3. The summed E-state index contributed by atoms with van der Waals surface area (Å²) in [6, 6.07) is 3.21. The molecule has 3 rings (SSSR count). The van der Waals surface area contributed by atoms with Crippen LogP contribution < -0.4 is 10.6 Å². The molecule has 1 aliphatic heterocycles. The first-order chi connectivity index (χ1) is 16.6. The van der Waals surface area contributed by atoms with Crippen LogP contribution in [0.5, 0.6) is 0 Å². The van der Waals surface area contributed by atoms with Crippen molar-refractivity contribution in [3.05, 3.63) is 33.5 Å². The van der Waals surface area contributed by atoms with Gasteiger partial charge in [-0.2, -0.15) is 4.31 Å². The van der Waals surface area contributed by atoms with Gasteiger partial charge in [0.05, 0.1) is 19.3 Å². The molecule has 0 saturated carbocycles. The Morgan fingerprint density at radius 2 is 1.89 bits per heavy atom. The van der Waals surface area contributed by atoms with Crippen LogP contribution >= 0.6 is 22.7 Å². The second kappa shape index (κ2) is 11.3. The highest BCUT2D eigenvalue weighted by molar-refractivity contribution is 7.91. The Morgan fingerprint density at radius 3 is 2.46 bits per heavy atom. The molecule has 0 bridgehead atoms. The summed E-state index contributed by atoms with van der Waals surface area (Å²) in [7, 11) is -2.50. The number of thiophene rings is 2. The molecule has 0 unspecified atom stereocenters. The third kappa shape index (κ3) is 5.89. The van der Waals surface area contributed by atoms with Gasteiger partial charge in [-0.05, 0) is 43.7 Å². The minimum absolute atomic E-state index is 0.0467. The molecule has 2 N–H and O–H groups in total. The van der Waals surface area contributed by atoms with E-state index in [1.54, 1.807) is 24.4 Å². The number of piperidine rings is 1. The van der Waals surface area contributed by atoms with E-state index in [2.05, 4.69) is 10.1 Å². The second-order valence-corrected chi connectivity index (χ2v) is 11.7. The standard InChI is InChI=1S/C21H25N3O8S3/c1-4-32-20(27)16-12(2)15(18(26)23-21(28)31-3)19(34-16)22-17(25)13-7-9-24(10-8-13)35(29,30)14-6-5-11-33-14/h5-6,11,13H,4,7-10H2,1-3H3,(H,22,25)(H,23,26,28). The number of sulfonamides is 1. The number of hydrogen-bond acceptors (Lipinski definition) is 10. The summed E-state index contributed by atoms with van der Waals surface area (Å²) in [5.41, 5.74) is 0.205. The van der Waals surface area contributed by atoms with Gasteiger partial charge in [-0.3, -0.25) is 14.9 Å². The molecule has 2 aromatic heterocycles. The number of esters is 1. The largest absolute Gasteiger partial charge is 0.462 e. The van der Waals surface area contributed by atoms with Gasteiger partial charge in [0.25, 0.3) is 15.9 Å². The van der Waals surface area contributed by atoms with E-state index in [0.29, 0.717) is 0 Å². The molecule has 2 aromatic rings. The number of anilines is 1. The lowest BCUT2D eigenvalue weighted by Crippen LogP contribution is -2.41. The van der Waals surface area contributed by atoms with Gasteiger partial charge in [0, 0.05) is 19.0 Å². The average molecular weight is 544 g/mol. The summed E-state index contributed by atoms with van der Waals surface area (Å²) >= 11 is 2.00. The lowest BCUT2D eigenvalue weighted by Gasteiger charge is -2.30. The van der Waals surface area contributed by atoms with Gasteiger partial charge in [0.1, 0.15) is 14.1 Å². The first-order valence-corrected chi connectivity index (χ1v) is 13.8. The minimum Gasteiger partial charge on any atom is -0.462 e. The summed E-state index contributed by atoms with van der Waals surface area (Å²) in [6.07, 6.45) is -0.417. The Labute approximate surface area is 210 Å². The highest BCUT2D eigenvalue weighted by Gasteiger charge is 2.34. The van der Waals surface area contributed by atoms with Crippen molar-refractivity contribution in [1.29, 1.82) is 0 Å². The van der Waals surface area contributed by atoms with E-state index >= 15 is 0 Å². The molecule has 190 valence electrons. The fourth-order valence-corrected chi connectivity index (χ4v) is 7.30. The molecule has 0 spiro atoms. The number of ether oxygens (including phenoxy) is 2. The number of hydrogen-bond donors (Lipinski definition) is 2. The predicted octanol–water partition coefficient (Wildman–Crippen LogP) is 2.83. The first kappa shape index (κ1) is 26.8. The lowest BCUT2D eigenvalue weighted by atomic mass is 9.97. The topological polar surface area (TPSA) is 148 Å². The molecule has 3 heterocycles. The number of methoxy groups -OCH3 is 1. The van der Waals surface area contributed by atoms with Crippen molar-refractivity contribution in [2.24, 2.45) is 5.92 Å². The smallest absolute Gasteiger partial charge is 0.413 e. The second-order valence-electron chi connectivity index (χ2n) is 7.53. The number of nitrogens with one attached hydrogen (secondary N) is 2. The van der Waals surface area contributed by atoms with Gasteiger partial charge in [0.2, 0.25) is 5.91 Å². The van der Waals surface area contributed by atoms with Gasteiger partial charge in [-0.15, -0.1) is 22.7 Å². The van der Waals surface area contributed by atoms with Crippen molar-refractivity contribution in [3.8, 4) is 0 Å². The maximum absolute atomic E-state index is 13.0. The van der Waals surface area contributed by atoms with E-state index in [9.17, 15) is 27.6 Å². The van der Waals surface area contributed by atoms with Crippen LogP contribution in [0.15, 0.2) is 21.7 Å². The van der Waals surface area contributed by atoms with Crippen molar-refractivity contribution in [3.63, 3.8) is 0 Å². The summed E-state index contributed by atoms with van der Waals surface area (Å²) in [5, 5.41) is 6.49. The zero-order chi connectivity index (χ0) is 25.8. The third-order valence-corrected chi connectivity index (χ3v) is 9.85. The molecule has 0 aliphatic carbocycles. The van der Waals surface area contributed by atoms with Crippen molar-refractivity contribution in [2.75, 3.05) is 32.1 Å². The van der Waals surface area contributed by atoms with Gasteiger partial charge >= 0.3 is 12.1 Å². The summed E-state index contributed by atoms with van der Waals surface area (Å²) in [5.74, 6) is -2.42. The van der Waals surface area contributed by atoms with Crippen LogP contribution in [-0.2, 0) is 24.3 Å². The Kier molecular flexibility index (Phi) is 8.64. The monoisotopic (exact) mass is 543 g/mol. The molecule has 0 atom stereocenters. The van der Waals surface area contributed by atoms with Crippen LogP contribution in [0, 0.1) is 12.8 Å². The highest BCUT2D eigenvalue weighted by atomic mass is 32.2. The number of carbonyl (C=O) groups excluding carboxylic acids is 4. The molecule has 1 fully saturated rings. The number of imide groups is 1. The minimum atomic E-state index is -3.60. The SMILES string of the molecule is CCOC(=O)c1sc(NC(=O)C2CCN(S(=O)(=O)c3cccs3)CC2)c(C(=O)NC(=O)OC)c1C. The molecular weight excluding hydrogens is 518 g/mol. The van der Waals surface area contributed by atoms with Gasteiger partial charge in [-0.25, -0.2) is 18.0 Å². The highest BCUT2D eigenvalue weighted by Crippen LogP contribution is 2.35.